The van der Waals surface area contributed by atoms with Gasteiger partial charge in [0.05, 0.1) is 0 Å². The van der Waals surface area contributed by atoms with Crippen LogP contribution < -0.4 is 0 Å². The van der Waals surface area contributed by atoms with Gasteiger partial charge in [0.1, 0.15) is 0 Å². The Morgan fingerprint density at radius 2 is 2.42 bits per heavy atom. The van der Waals surface area contributed by atoms with Crippen molar-refractivity contribution in [1.82, 2.24) is 4.98 Å². The molecule has 1 rings (SSSR count). The van der Waals surface area contributed by atoms with Crippen LogP contribution in [0.15, 0.2) is 31.0 Å². The van der Waals surface area contributed by atoms with E-state index in [1.54, 1.807) is 0 Å². The predicted molar refractivity (Wildman–Crippen MR) is 54.0 cm³/mol. The van der Waals surface area contributed by atoms with Crippen LogP contribution in [0.1, 0.15) is 24.6 Å². The number of nitrogens with one attached hydrogen (secondary N) is 1. The Labute approximate surface area is 73.8 Å². The summed E-state index contributed by atoms with van der Waals surface area (Å²) >= 11 is 0. The maximum atomic E-state index is 3.78. The first-order chi connectivity index (χ1) is 5.77. The van der Waals surface area contributed by atoms with Crippen molar-refractivity contribution < 1.29 is 0 Å². The molecule has 0 radical (unpaired) electrons. The first-order valence-electron chi connectivity index (χ1n) is 4.26. The number of hydrogen-bond acceptors (Lipinski definition) is 0. The van der Waals surface area contributed by atoms with Crippen molar-refractivity contribution in [2.45, 2.75) is 20.3 Å². The second-order valence-corrected chi connectivity index (χ2v) is 2.86. The molecular weight excluding hydrogens is 146 g/mol. The summed E-state index contributed by atoms with van der Waals surface area (Å²) in [4.78, 5) is 3.20. The molecule has 0 fully saturated rings. The van der Waals surface area contributed by atoms with Gasteiger partial charge in [0.2, 0.25) is 0 Å². The van der Waals surface area contributed by atoms with E-state index in [-0.39, 0.29) is 0 Å². The molecule has 0 unspecified atom stereocenters. The van der Waals surface area contributed by atoms with Crippen molar-refractivity contribution in [2.24, 2.45) is 0 Å². The van der Waals surface area contributed by atoms with E-state index < -0.39 is 0 Å². The lowest BCUT2D eigenvalue weighted by molar-refractivity contribution is 1.22. The van der Waals surface area contributed by atoms with Gasteiger partial charge in [0.15, 0.2) is 0 Å². The van der Waals surface area contributed by atoms with E-state index in [0.29, 0.717) is 0 Å². The molecule has 12 heavy (non-hydrogen) atoms. The molecule has 0 saturated carbocycles. The SMILES string of the molecule is C=C/C(=C\CC)c1cc(C)c[nH]1. The van der Waals surface area contributed by atoms with Gasteiger partial charge in [-0.3, -0.25) is 0 Å². The topological polar surface area (TPSA) is 15.8 Å². The summed E-state index contributed by atoms with van der Waals surface area (Å²) in [5, 5.41) is 0. The van der Waals surface area contributed by atoms with Gasteiger partial charge >= 0.3 is 0 Å². The van der Waals surface area contributed by atoms with Gasteiger partial charge < -0.3 is 4.98 Å². The van der Waals surface area contributed by atoms with Crippen LogP contribution in [0, 0.1) is 6.92 Å². The van der Waals surface area contributed by atoms with E-state index in [1.165, 1.54) is 11.1 Å². The summed E-state index contributed by atoms with van der Waals surface area (Å²) in [7, 11) is 0. The largest absolute Gasteiger partial charge is 0.361 e. The molecular formula is C11H15N. The second kappa shape index (κ2) is 3.96. The Kier molecular flexibility index (Phi) is 2.92. The highest BCUT2D eigenvalue weighted by atomic mass is 14.7. The van der Waals surface area contributed by atoms with Gasteiger partial charge in [-0.1, -0.05) is 25.7 Å². The minimum atomic E-state index is 1.04. The van der Waals surface area contributed by atoms with E-state index in [9.17, 15) is 0 Å². The summed E-state index contributed by atoms with van der Waals surface area (Å²) < 4.78 is 0. The molecule has 0 aliphatic heterocycles. The van der Waals surface area contributed by atoms with E-state index in [4.69, 9.17) is 0 Å². The average molecular weight is 161 g/mol. The van der Waals surface area contributed by atoms with Gasteiger partial charge in [-0.05, 0) is 30.5 Å². The molecule has 1 heterocycles. The van der Waals surface area contributed by atoms with Crippen molar-refractivity contribution in [3.05, 3.63) is 42.3 Å². The highest BCUT2D eigenvalue weighted by Crippen LogP contribution is 2.15. The highest BCUT2D eigenvalue weighted by molar-refractivity contribution is 5.71. The van der Waals surface area contributed by atoms with Gasteiger partial charge in [-0.25, -0.2) is 0 Å². The standard InChI is InChI=1S/C11H15N/c1-4-6-10(5-2)11-7-9(3)8-12-11/h5-8,12H,2,4H2,1,3H3/b10-6+. The van der Waals surface area contributed by atoms with Gasteiger partial charge in [0, 0.05) is 11.9 Å². The number of aryl methyl sites for hydroxylation is 1. The Balaban J connectivity index is 2.94. The molecule has 1 nitrogen and oxygen atoms in total. The fourth-order valence-corrected chi connectivity index (χ4v) is 1.19. The molecule has 1 heteroatoms. The van der Waals surface area contributed by atoms with Crippen molar-refractivity contribution in [3.63, 3.8) is 0 Å². The lowest BCUT2D eigenvalue weighted by atomic mass is 10.1. The van der Waals surface area contributed by atoms with Crippen molar-refractivity contribution >= 4 is 5.57 Å². The summed E-state index contributed by atoms with van der Waals surface area (Å²) in [5.41, 5.74) is 3.60. The van der Waals surface area contributed by atoms with E-state index in [1.807, 2.05) is 12.3 Å². The first kappa shape index (κ1) is 8.85. The normalized spacial score (nSPS) is 11.7. The molecule has 1 N–H and O–H groups in total. The molecule has 0 amide bonds. The van der Waals surface area contributed by atoms with Crippen molar-refractivity contribution in [1.29, 1.82) is 0 Å². The summed E-state index contributed by atoms with van der Waals surface area (Å²) in [6.45, 7) is 7.98. The predicted octanol–water partition coefficient (Wildman–Crippen LogP) is 3.30. The summed E-state index contributed by atoms with van der Waals surface area (Å²) in [6, 6.07) is 2.13. The first-order valence-corrected chi connectivity index (χ1v) is 4.26. The monoisotopic (exact) mass is 161 g/mol. The molecule has 0 aromatic carbocycles. The number of allylic oxidation sites excluding steroid dienone is 3. The molecule has 64 valence electrons. The highest BCUT2D eigenvalue weighted by Gasteiger charge is 1.97. The van der Waals surface area contributed by atoms with E-state index >= 15 is 0 Å². The average Bonchev–Trinajstić information content (AvgIpc) is 2.47. The van der Waals surface area contributed by atoms with Gasteiger partial charge in [-0.2, -0.15) is 0 Å². The third-order valence-electron chi connectivity index (χ3n) is 1.78. The van der Waals surface area contributed by atoms with Crippen LogP contribution in [-0.2, 0) is 0 Å². The fourth-order valence-electron chi connectivity index (χ4n) is 1.19. The van der Waals surface area contributed by atoms with Crippen LogP contribution >= 0.6 is 0 Å². The molecule has 0 bridgehead atoms. The smallest absolute Gasteiger partial charge is 0.0453 e. The summed E-state index contributed by atoms with van der Waals surface area (Å²) in [5.74, 6) is 0. The van der Waals surface area contributed by atoms with Crippen molar-refractivity contribution in [2.75, 3.05) is 0 Å². The van der Waals surface area contributed by atoms with Crippen LogP contribution in [0.25, 0.3) is 5.57 Å². The zero-order chi connectivity index (χ0) is 8.97. The lowest BCUT2D eigenvalue weighted by Crippen LogP contribution is -1.78. The number of aromatic amines is 1. The zero-order valence-corrected chi connectivity index (χ0v) is 7.72. The third kappa shape index (κ3) is 1.88. The van der Waals surface area contributed by atoms with Crippen LogP contribution in [0.3, 0.4) is 0 Å². The fraction of sp³-hybridized carbons (Fsp3) is 0.273. The summed E-state index contributed by atoms with van der Waals surface area (Å²) in [6.07, 6.45) is 7.09. The Morgan fingerprint density at radius 3 is 2.83 bits per heavy atom. The van der Waals surface area contributed by atoms with Crippen LogP contribution in [-0.4, -0.2) is 4.98 Å². The Morgan fingerprint density at radius 1 is 1.67 bits per heavy atom. The molecule has 1 aromatic heterocycles. The third-order valence-corrected chi connectivity index (χ3v) is 1.78. The zero-order valence-electron chi connectivity index (χ0n) is 7.72. The number of aromatic nitrogens is 1. The number of rotatable bonds is 3. The van der Waals surface area contributed by atoms with Crippen LogP contribution in [0.4, 0.5) is 0 Å². The van der Waals surface area contributed by atoms with Crippen molar-refractivity contribution in [3.8, 4) is 0 Å². The van der Waals surface area contributed by atoms with Gasteiger partial charge in [-0.15, -0.1) is 0 Å². The van der Waals surface area contributed by atoms with Crippen LogP contribution in [0.5, 0.6) is 0 Å². The second-order valence-electron chi connectivity index (χ2n) is 2.86. The Hall–Kier alpha value is -1.24. The molecule has 0 saturated heterocycles. The lowest BCUT2D eigenvalue weighted by Gasteiger charge is -1.96. The molecule has 0 aliphatic carbocycles. The van der Waals surface area contributed by atoms with E-state index in [2.05, 4.69) is 37.6 Å². The quantitative estimate of drug-likeness (QED) is 0.655. The maximum absolute atomic E-state index is 3.78. The van der Waals surface area contributed by atoms with Crippen LogP contribution in [0.2, 0.25) is 0 Å². The Bertz CT molecular complexity index is 292. The molecule has 0 aliphatic rings. The molecule has 0 spiro atoms. The number of hydrogen-bond donors (Lipinski definition) is 1. The molecule has 1 aromatic rings. The maximum Gasteiger partial charge on any atom is 0.0453 e. The number of H-pyrrole nitrogens is 1. The van der Waals surface area contributed by atoms with E-state index in [0.717, 1.165) is 12.1 Å². The minimum Gasteiger partial charge on any atom is -0.361 e. The molecule has 0 atom stereocenters. The van der Waals surface area contributed by atoms with Gasteiger partial charge in [0.25, 0.3) is 0 Å². The minimum absolute atomic E-state index is 1.04.